The van der Waals surface area contributed by atoms with Crippen molar-refractivity contribution >= 4 is 0 Å². The number of benzene rings is 2. The van der Waals surface area contributed by atoms with Crippen LogP contribution in [0, 0.1) is 18.3 Å². The van der Waals surface area contributed by atoms with Gasteiger partial charge in [0.25, 0.3) is 5.95 Å². The van der Waals surface area contributed by atoms with Crippen molar-refractivity contribution in [1.82, 2.24) is 9.78 Å². The van der Waals surface area contributed by atoms with Crippen molar-refractivity contribution in [1.29, 1.82) is 5.26 Å². The molecule has 3 aromatic rings. The van der Waals surface area contributed by atoms with Crippen molar-refractivity contribution in [3.8, 4) is 23.4 Å². The van der Waals surface area contributed by atoms with Crippen molar-refractivity contribution in [2.24, 2.45) is 0 Å². The van der Waals surface area contributed by atoms with Crippen molar-refractivity contribution in [3.05, 3.63) is 82.9 Å². The van der Waals surface area contributed by atoms with E-state index in [4.69, 9.17) is 9.47 Å². The van der Waals surface area contributed by atoms with Gasteiger partial charge in [0.15, 0.2) is 0 Å². The van der Waals surface area contributed by atoms with Crippen LogP contribution in [0.15, 0.2) is 66.1 Å². The minimum absolute atomic E-state index is 0.156. The van der Waals surface area contributed by atoms with Gasteiger partial charge in [-0.25, -0.2) is 4.68 Å². The fraction of sp³-hybridized carbons (Fsp3) is 0.143. The predicted octanol–water partition coefficient (Wildman–Crippen LogP) is 4.01. The third-order valence-corrected chi connectivity index (χ3v) is 4.63. The van der Waals surface area contributed by atoms with E-state index in [1.54, 1.807) is 11.8 Å². The summed E-state index contributed by atoms with van der Waals surface area (Å²) in [4.78, 5) is 0. The molecule has 6 heteroatoms. The first kappa shape index (κ1) is 16.7. The molecule has 0 aliphatic carbocycles. The summed E-state index contributed by atoms with van der Waals surface area (Å²) in [6.45, 7) is 1.87. The minimum atomic E-state index is -0.470. The third-order valence-electron chi connectivity index (χ3n) is 4.63. The van der Waals surface area contributed by atoms with Crippen LogP contribution in [-0.2, 0) is 0 Å². The van der Waals surface area contributed by atoms with Crippen molar-refractivity contribution in [2.45, 2.75) is 12.8 Å². The van der Waals surface area contributed by atoms with E-state index >= 15 is 0 Å². The van der Waals surface area contributed by atoms with Gasteiger partial charge in [-0.05, 0) is 36.8 Å². The van der Waals surface area contributed by atoms with Crippen LogP contribution in [0.5, 0.6) is 11.6 Å². The standard InChI is InChI=1S/C21H17N3O3/c1-13-18-19(14-8-10-16(26-2)11-9-14)17(12-22)21(25)27-20(18)24(23-13)15-6-4-3-5-7-15/h3-11,19,25H,1-2H3. The van der Waals surface area contributed by atoms with Crippen LogP contribution in [-0.4, -0.2) is 22.0 Å². The molecule has 1 aliphatic rings. The van der Waals surface area contributed by atoms with Crippen LogP contribution in [0.3, 0.4) is 0 Å². The largest absolute Gasteiger partial charge is 0.497 e. The number of para-hydroxylation sites is 1. The van der Waals surface area contributed by atoms with Crippen LogP contribution < -0.4 is 9.47 Å². The van der Waals surface area contributed by atoms with E-state index in [0.717, 1.165) is 28.3 Å². The van der Waals surface area contributed by atoms with Crippen molar-refractivity contribution < 1.29 is 14.6 Å². The molecule has 1 aliphatic heterocycles. The first-order valence-electron chi connectivity index (χ1n) is 8.44. The highest BCUT2D eigenvalue weighted by Crippen LogP contribution is 2.45. The van der Waals surface area contributed by atoms with E-state index in [9.17, 15) is 10.4 Å². The monoisotopic (exact) mass is 359 g/mol. The highest BCUT2D eigenvalue weighted by Gasteiger charge is 2.37. The van der Waals surface area contributed by atoms with Gasteiger partial charge in [-0.2, -0.15) is 10.4 Å². The lowest BCUT2D eigenvalue weighted by atomic mass is 9.84. The van der Waals surface area contributed by atoms with Crippen molar-refractivity contribution in [3.63, 3.8) is 0 Å². The molecule has 0 spiro atoms. The molecule has 0 saturated heterocycles. The Hall–Kier alpha value is -3.72. The van der Waals surface area contributed by atoms with E-state index in [1.807, 2.05) is 61.5 Å². The Labute approximate surface area is 156 Å². The number of allylic oxidation sites excluding steroid dienone is 1. The minimum Gasteiger partial charge on any atom is -0.497 e. The summed E-state index contributed by atoms with van der Waals surface area (Å²) >= 11 is 0. The Balaban J connectivity index is 1.92. The summed E-state index contributed by atoms with van der Waals surface area (Å²) in [7, 11) is 1.60. The molecule has 0 fully saturated rings. The topological polar surface area (TPSA) is 80.3 Å². The zero-order valence-corrected chi connectivity index (χ0v) is 14.9. The molecule has 1 atom stereocenters. The quantitative estimate of drug-likeness (QED) is 0.764. The highest BCUT2D eigenvalue weighted by atomic mass is 16.6. The van der Waals surface area contributed by atoms with Crippen LogP contribution in [0.25, 0.3) is 5.69 Å². The van der Waals surface area contributed by atoms with Gasteiger partial charge in [0, 0.05) is 0 Å². The van der Waals surface area contributed by atoms with E-state index in [0.29, 0.717) is 5.88 Å². The molecule has 1 unspecified atom stereocenters. The normalized spacial score (nSPS) is 15.7. The smallest absolute Gasteiger partial charge is 0.298 e. The number of nitriles is 1. The average Bonchev–Trinajstić information content (AvgIpc) is 3.03. The summed E-state index contributed by atoms with van der Waals surface area (Å²) in [5, 5.41) is 24.6. The molecule has 134 valence electrons. The molecular weight excluding hydrogens is 342 g/mol. The molecule has 4 rings (SSSR count). The molecule has 0 saturated carbocycles. The number of aliphatic hydroxyl groups excluding tert-OH is 1. The van der Waals surface area contributed by atoms with Gasteiger partial charge in [0.1, 0.15) is 17.4 Å². The summed E-state index contributed by atoms with van der Waals surface area (Å²) < 4.78 is 12.5. The second kappa shape index (κ2) is 6.54. The molecular formula is C21H17N3O3. The first-order valence-corrected chi connectivity index (χ1v) is 8.44. The molecule has 1 N–H and O–H groups in total. The number of nitrogens with zero attached hydrogens (tertiary/aromatic N) is 3. The fourth-order valence-electron chi connectivity index (χ4n) is 3.35. The number of rotatable bonds is 3. The van der Waals surface area contributed by atoms with Crippen LogP contribution >= 0.6 is 0 Å². The molecule has 6 nitrogen and oxygen atoms in total. The van der Waals surface area contributed by atoms with Crippen LogP contribution in [0.1, 0.15) is 22.7 Å². The number of fused-ring (bicyclic) bond motifs is 1. The fourth-order valence-corrected chi connectivity index (χ4v) is 3.35. The Morgan fingerprint density at radius 1 is 1.15 bits per heavy atom. The van der Waals surface area contributed by atoms with Gasteiger partial charge >= 0.3 is 0 Å². The van der Waals surface area contributed by atoms with E-state index in [2.05, 4.69) is 11.2 Å². The SMILES string of the molecule is COc1ccc(C2C(C#N)=C(O)Oc3c2c(C)nn3-c2ccccc2)cc1. The molecule has 2 heterocycles. The van der Waals surface area contributed by atoms with Gasteiger partial charge in [0.05, 0.1) is 30.0 Å². The molecule has 0 bridgehead atoms. The number of methoxy groups -OCH3 is 1. The summed E-state index contributed by atoms with van der Waals surface area (Å²) in [5.74, 6) is 0.260. The van der Waals surface area contributed by atoms with Gasteiger partial charge in [-0.3, -0.25) is 0 Å². The van der Waals surface area contributed by atoms with E-state index in [1.165, 1.54) is 0 Å². The number of aliphatic hydroxyl groups is 1. The predicted molar refractivity (Wildman–Crippen MR) is 99.0 cm³/mol. The lowest BCUT2D eigenvalue weighted by Crippen LogP contribution is -2.17. The molecule has 1 aromatic heterocycles. The zero-order valence-electron chi connectivity index (χ0n) is 14.9. The summed E-state index contributed by atoms with van der Waals surface area (Å²) in [5.41, 5.74) is 3.30. The number of aromatic nitrogens is 2. The van der Waals surface area contributed by atoms with E-state index < -0.39 is 11.9 Å². The first-order chi connectivity index (χ1) is 13.1. The van der Waals surface area contributed by atoms with Gasteiger partial charge in [-0.1, -0.05) is 30.3 Å². The highest BCUT2D eigenvalue weighted by molar-refractivity contribution is 5.57. The lowest BCUT2D eigenvalue weighted by molar-refractivity contribution is 0.185. The van der Waals surface area contributed by atoms with Crippen LogP contribution in [0.2, 0.25) is 0 Å². The maximum atomic E-state index is 10.4. The number of hydrogen-bond donors (Lipinski definition) is 1. The van der Waals surface area contributed by atoms with E-state index in [-0.39, 0.29) is 5.57 Å². The maximum absolute atomic E-state index is 10.4. The maximum Gasteiger partial charge on any atom is 0.298 e. The Bertz CT molecular complexity index is 1060. The Morgan fingerprint density at radius 2 is 1.85 bits per heavy atom. The van der Waals surface area contributed by atoms with Crippen molar-refractivity contribution in [2.75, 3.05) is 7.11 Å². The van der Waals surface area contributed by atoms with Gasteiger partial charge in [0.2, 0.25) is 5.88 Å². The third kappa shape index (κ3) is 2.70. The lowest BCUT2D eigenvalue weighted by Gasteiger charge is -2.24. The number of aryl methyl sites for hydroxylation is 1. The molecule has 2 aromatic carbocycles. The molecule has 27 heavy (non-hydrogen) atoms. The van der Waals surface area contributed by atoms with Gasteiger partial charge < -0.3 is 14.6 Å². The molecule has 0 radical (unpaired) electrons. The second-order valence-electron chi connectivity index (χ2n) is 6.19. The second-order valence-corrected chi connectivity index (χ2v) is 6.19. The summed E-state index contributed by atoms with van der Waals surface area (Å²) in [6.07, 6.45) is 0. The Kier molecular flexibility index (Phi) is 4.05. The Morgan fingerprint density at radius 3 is 2.48 bits per heavy atom. The molecule has 0 amide bonds. The zero-order chi connectivity index (χ0) is 19.0. The van der Waals surface area contributed by atoms with Crippen LogP contribution in [0.4, 0.5) is 0 Å². The number of ether oxygens (including phenoxy) is 2. The number of hydrogen-bond acceptors (Lipinski definition) is 5. The van der Waals surface area contributed by atoms with Gasteiger partial charge in [-0.15, -0.1) is 0 Å². The average molecular weight is 359 g/mol. The summed E-state index contributed by atoms with van der Waals surface area (Å²) in [6, 6.07) is 19.0.